The summed E-state index contributed by atoms with van der Waals surface area (Å²) in [4.78, 5) is 14.9. The normalized spacial score (nSPS) is 23.9. The summed E-state index contributed by atoms with van der Waals surface area (Å²) in [7, 11) is 0. The molecule has 7 heteroatoms. The van der Waals surface area contributed by atoms with E-state index in [4.69, 9.17) is 22.2 Å². The molecule has 3 aliphatic rings. The summed E-state index contributed by atoms with van der Waals surface area (Å²) in [5.41, 5.74) is 1.56. The van der Waals surface area contributed by atoms with Gasteiger partial charge in [-0.25, -0.2) is 0 Å². The first-order valence-corrected chi connectivity index (χ1v) is 14.9. The lowest BCUT2D eigenvalue weighted by Gasteiger charge is -2.36. The molecule has 5 rings (SSSR count). The molecular weight excluding hydrogens is 476 g/mol. The fourth-order valence-corrected chi connectivity index (χ4v) is 6.92. The predicted octanol–water partition coefficient (Wildman–Crippen LogP) is 6.14. The number of benzene rings is 1. The van der Waals surface area contributed by atoms with Crippen molar-refractivity contribution in [1.29, 1.82) is 0 Å². The van der Waals surface area contributed by atoms with Crippen molar-refractivity contribution in [3.63, 3.8) is 0 Å². The number of anilines is 3. The van der Waals surface area contributed by atoms with Gasteiger partial charge in [-0.2, -0.15) is 9.97 Å². The summed E-state index contributed by atoms with van der Waals surface area (Å²) in [5.74, 6) is 4.00. The summed E-state index contributed by atoms with van der Waals surface area (Å²) < 4.78 is 0. The minimum atomic E-state index is 0.146. The van der Waals surface area contributed by atoms with E-state index in [2.05, 4.69) is 70.7 Å². The van der Waals surface area contributed by atoms with Crippen molar-refractivity contribution in [3.05, 3.63) is 42.0 Å². The van der Waals surface area contributed by atoms with E-state index < -0.39 is 0 Å². The van der Waals surface area contributed by atoms with Gasteiger partial charge in [0.2, 0.25) is 5.95 Å². The molecule has 2 aliphatic heterocycles. The van der Waals surface area contributed by atoms with Crippen molar-refractivity contribution in [3.8, 4) is 0 Å². The van der Waals surface area contributed by atoms with Gasteiger partial charge in [-0.15, -0.1) is 0 Å². The maximum Gasteiger partial charge on any atom is 0.232 e. The van der Waals surface area contributed by atoms with Crippen LogP contribution in [0.1, 0.15) is 77.2 Å². The lowest BCUT2D eigenvalue weighted by molar-refractivity contribution is 0.355. The van der Waals surface area contributed by atoms with Gasteiger partial charge in [0.1, 0.15) is 11.6 Å². The molecule has 1 aromatic heterocycles. The van der Waals surface area contributed by atoms with Crippen LogP contribution in [0.4, 0.5) is 17.6 Å². The topological polar surface area (TPSA) is 56.3 Å². The Kier molecular flexibility index (Phi) is 8.48. The number of piperidine rings is 1. The highest BCUT2D eigenvalue weighted by Gasteiger charge is 2.35. The Balaban J connectivity index is 1.33. The van der Waals surface area contributed by atoms with E-state index in [1.165, 1.54) is 63.4 Å². The maximum absolute atomic E-state index is 5.80. The molecule has 1 saturated carbocycles. The average molecular weight is 521 g/mol. The number of nitrogens with one attached hydrogen (secondary N) is 2. The Morgan fingerprint density at radius 1 is 0.892 bits per heavy atom. The van der Waals surface area contributed by atoms with Crippen LogP contribution in [-0.4, -0.2) is 47.8 Å². The molecule has 37 heavy (non-hydrogen) atoms. The second-order valence-corrected chi connectivity index (χ2v) is 12.2. The Morgan fingerprint density at radius 3 is 2.16 bits per heavy atom. The highest BCUT2D eigenvalue weighted by atomic mass is 32.1. The fourth-order valence-electron chi connectivity index (χ4n) is 6.76. The first-order valence-electron chi connectivity index (χ1n) is 14.5. The molecule has 1 aliphatic carbocycles. The fraction of sp³-hybridized carbons (Fsp3) is 0.633. The summed E-state index contributed by atoms with van der Waals surface area (Å²) in [6, 6.07) is 13.1. The molecule has 0 bridgehead atoms. The Labute approximate surface area is 228 Å². The van der Waals surface area contributed by atoms with Gasteiger partial charge in [0, 0.05) is 44.2 Å². The first-order chi connectivity index (χ1) is 18.0. The van der Waals surface area contributed by atoms with Gasteiger partial charge in [-0.05, 0) is 61.7 Å². The van der Waals surface area contributed by atoms with E-state index >= 15 is 0 Å². The van der Waals surface area contributed by atoms with Crippen LogP contribution in [0, 0.1) is 11.8 Å². The number of hydrogen-bond donors (Lipinski definition) is 2. The van der Waals surface area contributed by atoms with Crippen LogP contribution in [0.3, 0.4) is 0 Å². The van der Waals surface area contributed by atoms with Crippen LogP contribution in [-0.2, 0) is 5.41 Å². The van der Waals surface area contributed by atoms with Crippen LogP contribution in [0.25, 0.3) is 0 Å². The smallest absolute Gasteiger partial charge is 0.232 e. The van der Waals surface area contributed by atoms with Crippen LogP contribution >= 0.6 is 12.2 Å². The number of aromatic nitrogens is 2. The van der Waals surface area contributed by atoms with Gasteiger partial charge in [-0.1, -0.05) is 69.9 Å². The van der Waals surface area contributed by atoms with Crippen molar-refractivity contribution in [2.75, 3.05) is 47.8 Å². The van der Waals surface area contributed by atoms with Gasteiger partial charge < -0.3 is 20.4 Å². The third-order valence-electron chi connectivity index (χ3n) is 8.58. The van der Waals surface area contributed by atoms with Gasteiger partial charge in [0.05, 0.1) is 0 Å². The maximum atomic E-state index is 5.80. The summed E-state index contributed by atoms with van der Waals surface area (Å²) >= 11 is 5.80. The zero-order valence-electron chi connectivity index (χ0n) is 22.7. The van der Waals surface area contributed by atoms with Crippen LogP contribution < -0.4 is 20.4 Å². The predicted molar refractivity (Wildman–Crippen MR) is 159 cm³/mol. The van der Waals surface area contributed by atoms with E-state index in [0.717, 1.165) is 44.4 Å². The summed E-state index contributed by atoms with van der Waals surface area (Å²) in [6.07, 6.45) is 11.3. The number of rotatable bonds is 6. The molecule has 2 aromatic rings. The molecule has 0 amide bonds. The van der Waals surface area contributed by atoms with Crippen molar-refractivity contribution in [2.24, 2.45) is 11.8 Å². The number of thiocarbonyl (C=S) groups is 1. The van der Waals surface area contributed by atoms with Crippen LogP contribution in [0.2, 0.25) is 0 Å². The molecular formula is C30H44N6S. The minimum Gasteiger partial charge on any atom is -0.361 e. The third-order valence-corrected chi connectivity index (χ3v) is 8.83. The van der Waals surface area contributed by atoms with E-state index in [-0.39, 0.29) is 5.41 Å². The molecule has 2 N–H and O–H groups in total. The van der Waals surface area contributed by atoms with Crippen LogP contribution in [0.15, 0.2) is 36.4 Å². The van der Waals surface area contributed by atoms with Gasteiger partial charge >= 0.3 is 0 Å². The van der Waals surface area contributed by atoms with E-state index in [1.807, 2.05) is 0 Å². The number of hydrogen-bond acceptors (Lipinski definition) is 5. The lowest BCUT2D eigenvalue weighted by atomic mass is 9.79. The average Bonchev–Trinajstić information content (AvgIpc) is 3.22. The van der Waals surface area contributed by atoms with Gasteiger partial charge in [-0.3, -0.25) is 0 Å². The largest absolute Gasteiger partial charge is 0.361 e. The van der Waals surface area contributed by atoms with Crippen LogP contribution in [0.5, 0.6) is 0 Å². The van der Waals surface area contributed by atoms with Gasteiger partial charge in [0.15, 0.2) is 5.11 Å². The second kappa shape index (κ2) is 12.0. The molecule has 2 atom stereocenters. The minimum absolute atomic E-state index is 0.146. The molecule has 3 fully saturated rings. The molecule has 2 saturated heterocycles. The molecule has 0 spiro atoms. The van der Waals surface area contributed by atoms with Crippen molar-refractivity contribution in [2.45, 2.75) is 77.0 Å². The molecule has 3 heterocycles. The zero-order valence-corrected chi connectivity index (χ0v) is 23.5. The van der Waals surface area contributed by atoms with Crippen molar-refractivity contribution in [1.82, 2.24) is 15.3 Å². The van der Waals surface area contributed by atoms with Crippen molar-refractivity contribution < 1.29 is 0 Å². The van der Waals surface area contributed by atoms with E-state index in [1.54, 1.807) is 0 Å². The summed E-state index contributed by atoms with van der Waals surface area (Å²) in [5, 5.41) is 7.54. The lowest BCUT2D eigenvalue weighted by Crippen LogP contribution is -2.41. The van der Waals surface area contributed by atoms with Gasteiger partial charge in [0.25, 0.3) is 0 Å². The number of nitrogens with zero attached hydrogens (tertiary/aromatic N) is 4. The molecule has 200 valence electrons. The Morgan fingerprint density at radius 2 is 1.51 bits per heavy atom. The van der Waals surface area contributed by atoms with Crippen molar-refractivity contribution >= 4 is 34.9 Å². The SMILES string of the molecule is C[C@@H]1C[C@H](C)CN(c2cc(N3CCCCCC3)nc(NC(=S)NCC3(c4ccccc4)CCCC3)n2)C1. The molecule has 1 aromatic carbocycles. The highest BCUT2D eigenvalue weighted by Crippen LogP contribution is 2.40. The van der Waals surface area contributed by atoms with E-state index in [9.17, 15) is 0 Å². The molecule has 0 radical (unpaired) electrons. The first kappa shape index (κ1) is 26.2. The van der Waals surface area contributed by atoms with E-state index in [0.29, 0.717) is 22.9 Å². The second-order valence-electron chi connectivity index (χ2n) is 11.8. The highest BCUT2D eigenvalue weighted by molar-refractivity contribution is 7.80. The quantitative estimate of drug-likeness (QED) is 0.444. The molecule has 6 nitrogen and oxygen atoms in total. The summed E-state index contributed by atoms with van der Waals surface area (Å²) in [6.45, 7) is 9.75. The monoisotopic (exact) mass is 520 g/mol. The Hall–Kier alpha value is -2.41. The Bertz CT molecular complexity index is 1020. The molecule has 0 unspecified atom stereocenters. The zero-order chi connectivity index (χ0) is 25.7. The standard InChI is InChI=1S/C30H44N6S/c1-23-18-24(2)21-36(20-23)27-19-26(35-16-10-3-4-11-17-35)32-28(33-27)34-29(37)31-22-30(14-8-9-15-30)25-12-6-5-7-13-25/h5-7,12-13,19,23-24H,3-4,8-11,14-18,20-22H2,1-2H3,(H2,31,32,33,34,37)/t23-,24+. The third kappa shape index (κ3) is 6.54.